The molecule has 3 aliphatic rings. The monoisotopic (exact) mass is 476 g/mol. The van der Waals surface area contributed by atoms with Crippen LogP contribution in [0.2, 0.25) is 0 Å². The summed E-state index contributed by atoms with van der Waals surface area (Å²) in [5, 5.41) is 11.6. The largest absolute Gasteiger partial charge is 0.496 e. The molecule has 4 heterocycles. The van der Waals surface area contributed by atoms with Gasteiger partial charge in [0.25, 0.3) is 0 Å². The van der Waals surface area contributed by atoms with E-state index >= 15 is 0 Å². The summed E-state index contributed by atoms with van der Waals surface area (Å²) in [5.41, 5.74) is 10.6. The predicted octanol–water partition coefficient (Wildman–Crippen LogP) is 2.86. The fourth-order valence-electron chi connectivity index (χ4n) is 6.05. The van der Waals surface area contributed by atoms with Gasteiger partial charge in [-0.15, -0.1) is 0 Å². The molecule has 3 aromatic rings. The van der Waals surface area contributed by atoms with Crippen LogP contribution in [0, 0.1) is 11.3 Å². The van der Waals surface area contributed by atoms with Gasteiger partial charge in [0.15, 0.2) is 5.82 Å². The van der Waals surface area contributed by atoms with E-state index in [9.17, 15) is 0 Å². The molecule has 1 spiro atoms. The Morgan fingerprint density at radius 2 is 1.97 bits per heavy atom. The van der Waals surface area contributed by atoms with Crippen molar-refractivity contribution in [2.24, 2.45) is 11.3 Å². The van der Waals surface area contributed by atoms with E-state index in [2.05, 4.69) is 48.8 Å². The Balaban J connectivity index is 1.19. The van der Waals surface area contributed by atoms with Gasteiger partial charge >= 0.3 is 0 Å². The van der Waals surface area contributed by atoms with E-state index in [-0.39, 0.29) is 5.95 Å². The van der Waals surface area contributed by atoms with Gasteiger partial charge < -0.3 is 21.1 Å². The zero-order valence-corrected chi connectivity index (χ0v) is 20.6. The highest BCUT2D eigenvalue weighted by molar-refractivity contribution is 5.86. The van der Waals surface area contributed by atoms with E-state index < -0.39 is 0 Å². The number of rotatable bonds is 8. The number of anilines is 2. The SMILES string of the molecule is COc1cc(CN2CC3(CNC3)C2)ccc1Cn1ncc2nc(N)nc(NCC3CCCCC3)c21. The minimum absolute atomic E-state index is 0.274. The number of nitrogens with zero attached hydrogens (tertiary/aromatic N) is 5. The number of hydrogen-bond donors (Lipinski definition) is 3. The number of nitrogens with two attached hydrogens (primary N) is 1. The Labute approximate surface area is 206 Å². The zero-order valence-electron chi connectivity index (χ0n) is 20.6. The van der Waals surface area contributed by atoms with E-state index in [1.807, 2.05) is 4.68 Å². The Morgan fingerprint density at radius 1 is 1.14 bits per heavy atom. The van der Waals surface area contributed by atoms with E-state index in [0.29, 0.717) is 17.9 Å². The lowest BCUT2D eigenvalue weighted by molar-refractivity contribution is -0.0444. The average molecular weight is 477 g/mol. The fourth-order valence-corrected chi connectivity index (χ4v) is 6.05. The molecule has 2 aliphatic heterocycles. The molecule has 1 saturated carbocycles. The molecule has 3 fully saturated rings. The normalized spacial score (nSPS) is 20.0. The maximum atomic E-state index is 6.02. The molecule has 0 atom stereocenters. The van der Waals surface area contributed by atoms with E-state index in [4.69, 9.17) is 10.5 Å². The van der Waals surface area contributed by atoms with Gasteiger partial charge in [-0.3, -0.25) is 9.58 Å². The van der Waals surface area contributed by atoms with Crippen LogP contribution < -0.4 is 21.1 Å². The van der Waals surface area contributed by atoms with Crippen molar-refractivity contribution in [1.29, 1.82) is 0 Å². The zero-order chi connectivity index (χ0) is 23.8. The second kappa shape index (κ2) is 9.28. The second-order valence-corrected chi connectivity index (χ2v) is 10.7. The van der Waals surface area contributed by atoms with Gasteiger partial charge in [-0.2, -0.15) is 10.1 Å². The quantitative estimate of drug-likeness (QED) is 0.456. The third kappa shape index (κ3) is 4.54. The van der Waals surface area contributed by atoms with Crippen molar-refractivity contribution in [2.45, 2.75) is 45.2 Å². The number of benzene rings is 1. The number of nitrogen functional groups attached to an aromatic ring is 1. The first kappa shape index (κ1) is 22.5. The molecule has 4 N–H and O–H groups in total. The summed E-state index contributed by atoms with van der Waals surface area (Å²) in [6.07, 6.45) is 8.30. The van der Waals surface area contributed by atoms with Crippen LogP contribution in [0.4, 0.5) is 11.8 Å². The van der Waals surface area contributed by atoms with Crippen LogP contribution in [-0.2, 0) is 13.1 Å². The lowest BCUT2D eigenvalue weighted by Gasteiger charge is -2.56. The van der Waals surface area contributed by atoms with Gasteiger partial charge in [0.1, 0.15) is 16.8 Å². The molecule has 0 bridgehead atoms. The van der Waals surface area contributed by atoms with Crippen LogP contribution >= 0.6 is 0 Å². The standard InChI is InChI=1S/C26H36N8O/c1-35-22-9-19(12-33-16-26(17-33)14-28-15-26)7-8-20(22)13-34-23-21(11-30-34)31-25(27)32-24(23)29-10-18-5-3-2-4-6-18/h7-9,11,18,28H,2-6,10,12-17H2,1H3,(H3,27,29,31,32). The molecule has 2 saturated heterocycles. The van der Waals surface area contributed by atoms with Crippen molar-refractivity contribution in [3.05, 3.63) is 35.5 Å². The van der Waals surface area contributed by atoms with Crippen LogP contribution in [0.1, 0.15) is 43.2 Å². The van der Waals surface area contributed by atoms with Crippen molar-refractivity contribution in [2.75, 3.05) is 50.9 Å². The molecule has 186 valence electrons. The number of methoxy groups -OCH3 is 1. The van der Waals surface area contributed by atoms with E-state index in [0.717, 1.165) is 54.3 Å². The molecular weight excluding hydrogens is 440 g/mol. The van der Waals surface area contributed by atoms with Crippen LogP contribution in [-0.4, -0.2) is 64.5 Å². The molecule has 9 nitrogen and oxygen atoms in total. The van der Waals surface area contributed by atoms with Crippen molar-refractivity contribution >= 4 is 22.8 Å². The highest BCUT2D eigenvalue weighted by Crippen LogP contribution is 2.35. The highest BCUT2D eigenvalue weighted by atomic mass is 16.5. The summed E-state index contributed by atoms with van der Waals surface area (Å²) >= 11 is 0. The number of fused-ring (bicyclic) bond motifs is 1. The Bertz CT molecular complexity index is 1190. The number of ether oxygens (including phenoxy) is 1. The van der Waals surface area contributed by atoms with Crippen LogP contribution in [0.5, 0.6) is 5.75 Å². The number of likely N-dealkylation sites (tertiary alicyclic amines) is 1. The van der Waals surface area contributed by atoms with Crippen molar-refractivity contribution in [3.8, 4) is 5.75 Å². The molecule has 0 unspecified atom stereocenters. The lowest BCUT2D eigenvalue weighted by atomic mass is 9.74. The lowest BCUT2D eigenvalue weighted by Crippen LogP contribution is -2.70. The molecule has 6 rings (SSSR count). The fraction of sp³-hybridized carbons (Fsp3) is 0.577. The maximum absolute atomic E-state index is 6.02. The highest BCUT2D eigenvalue weighted by Gasteiger charge is 2.47. The minimum Gasteiger partial charge on any atom is -0.496 e. The van der Waals surface area contributed by atoms with Crippen molar-refractivity contribution in [1.82, 2.24) is 30.0 Å². The summed E-state index contributed by atoms with van der Waals surface area (Å²) < 4.78 is 7.75. The van der Waals surface area contributed by atoms with Crippen molar-refractivity contribution in [3.63, 3.8) is 0 Å². The second-order valence-electron chi connectivity index (χ2n) is 10.7. The average Bonchev–Trinajstić information content (AvgIpc) is 3.22. The summed E-state index contributed by atoms with van der Waals surface area (Å²) in [6.45, 7) is 7.14. The van der Waals surface area contributed by atoms with Gasteiger partial charge in [-0.05, 0) is 30.4 Å². The van der Waals surface area contributed by atoms with Crippen molar-refractivity contribution < 1.29 is 4.74 Å². The topological polar surface area (TPSA) is 106 Å². The third-order valence-corrected chi connectivity index (χ3v) is 7.98. The van der Waals surface area contributed by atoms with Gasteiger partial charge in [-0.25, -0.2) is 4.98 Å². The molecule has 9 heteroatoms. The third-order valence-electron chi connectivity index (χ3n) is 7.98. The van der Waals surface area contributed by atoms with Gasteiger partial charge in [-0.1, -0.05) is 31.4 Å². The molecule has 0 amide bonds. The summed E-state index contributed by atoms with van der Waals surface area (Å²) in [4.78, 5) is 11.5. The first-order valence-corrected chi connectivity index (χ1v) is 12.9. The Morgan fingerprint density at radius 3 is 2.71 bits per heavy atom. The first-order chi connectivity index (χ1) is 17.1. The maximum Gasteiger partial charge on any atom is 0.222 e. The number of aromatic nitrogens is 4. The summed E-state index contributed by atoms with van der Waals surface area (Å²) in [6, 6.07) is 6.54. The van der Waals surface area contributed by atoms with E-state index in [1.54, 1.807) is 13.3 Å². The predicted molar refractivity (Wildman–Crippen MR) is 137 cm³/mol. The molecule has 0 radical (unpaired) electrons. The van der Waals surface area contributed by atoms with Gasteiger partial charge in [0.2, 0.25) is 5.95 Å². The smallest absolute Gasteiger partial charge is 0.222 e. The Hall–Kier alpha value is -2.91. The summed E-state index contributed by atoms with van der Waals surface area (Å²) in [5.74, 6) is 2.61. The van der Waals surface area contributed by atoms with Crippen LogP contribution in [0.25, 0.3) is 11.0 Å². The molecular formula is C26H36N8O. The van der Waals surface area contributed by atoms with E-state index in [1.165, 1.54) is 50.8 Å². The van der Waals surface area contributed by atoms with Gasteiger partial charge in [0, 0.05) is 50.2 Å². The van der Waals surface area contributed by atoms with Crippen LogP contribution in [0.15, 0.2) is 24.4 Å². The first-order valence-electron chi connectivity index (χ1n) is 12.9. The minimum atomic E-state index is 0.274. The molecule has 2 aromatic heterocycles. The van der Waals surface area contributed by atoms with Crippen LogP contribution in [0.3, 0.4) is 0 Å². The molecule has 1 aromatic carbocycles. The Kier molecular flexibility index (Phi) is 5.98. The number of nitrogens with one attached hydrogen (secondary N) is 2. The summed E-state index contributed by atoms with van der Waals surface area (Å²) in [7, 11) is 1.74. The molecule has 1 aliphatic carbocycles. The number of hydrogen-bond acceptors (Lipinski definition) is 8. The molecule has 35 heavy (non-hydrogen) atoms. The van der Waals surface area contributed by atoms with Gasteiger partial charge in [0.05, 0.1) is 19.9 Å².